The van der Waals surface area contributed by atoms with Crippen LogP contribution in [0.4, 0.5) is 0 Å². The van der Waals surface area contributed by atoms with E-state index >= 15 is 0 Å². The van der Waals surface area contributed by atoms with Crippen molar-refractivity contribution < 1.29 is 8.42 Å². The molecule has 0 amide bonds. The fourth-order valence-electron chi connectivity index (χ4n) is 1.81. The minimum atomic E-state index is -3.48. The van der Waals surface area contributed by atoms with Gasteiger partial charge in [-0.05, 0) is 39.9 Å². The number of benzene rings is 1. The first kappa shape index (κ1) is 16.5. The van der Waals surface area contributed by atoms with Gasteiger partial charge in [-0.15, -0.1) is 0 Å². The summed E-state index contributed by atoms with van der Waals surface area (Å²) in [5.41, 5.74) is 1.00. The molecule has 2 aromatic rings. The lowest BCUT2D eigenvalue weighted by atomic mass is 10.2. The third kappa shape index (κ3) is 4.84. The zero-order chi connectivity index (χ0) is 15.3. The Labute approximate surface area is 137 Å². The van der Waals surface area contributed by atoms with Gasteiger partial charge in [0.15, 0.2) is 0 Å². The van der Waals surface area contributed by atoms with Crippen molar-refractivity contribution in [2.24, 2.45) is 0 Å². The highest BCUT2D eigenvalue weighted by molar-refractivity contribution is 9.10. The number of hydrogen-bond acceptors (Lipinski definition) is 4. The van der Waals surface area contributed by atoms with Crippen LogP contribution in [0.5, 0.6) is 0 Å². The summed E-state index contributed by atoms with van der Waals surface area (Å²) in [5, 5.41) is 4.08. The molecule has 0 aliphatic heterocycles. The summed E-state index contributed by atoms with van der Waals surface area (Å²) in [4.78, 5) is 0.302. The van der Waals surface area contributed by atoms with Crippen LogP contribution in [0.2, 0.25) is 0 Å². The lowest BCUT2D eigenvalue weighted by molar-refractivity contribution is 0.560. The van der Waals surface area contributed by atoms with Gasteiger partial charge in [0.25, 0.3) is 0 Å². The Balaban J connectivity index is 1.99. The van der Waals surface area contributed by atoms with E-state index in [1.54, 1.807) is 47.0 Å². The minimum absolute atomic E-state index is 0.295. The second kappa shape index (κ2) is 7.44. The van der Waals surface area contributed by atoms with Gasteiger partial charge in [-0.1, -0.05) is 12.1 Å². The minimum Gasteiger partial charge on any atom is -0.270 e. The number of hydrogen-bond donors (Lipinski definition) is 1. The van der Waals surface area contributed by atoms with Gasteiger partial charge in [0.05, 0.1) is 22.1 Å². The first-order valence-electron chi connectivity index (χ1n) is 6.27. The molecule has 5 nitrogen and oxygen atoms in total. The van der Waals surface area contributed by atoms with Crippen LogP contribution in [-0.2, 0) is 22.3 Å². The predicted molar refractivity (Wildman–Crippen MR) is 88.8 cm³/mol. The smallest absolute Gasteiger partial charge is 0.240 e. The summed E-state index contributed by atoms with van der Waals surface area (Å²) in [6.45, 7) is 0.776. The zero-order valence-electron chi connectivity index (χ0n) is 11.5. The van der Waals surface area contributed by atoms with Crippen LogP contribution in [0.3, 0.4) is 0 Å². The molecule has 0 aliphatic carbocycles. The van der Waals surface area contributed by atoms with Crippen LogP contribution >= 0.6 is 27.7 Å². The van der Waals surface area contributed by atoms with E-state index in [0.717, 1.165) is 15.8 Å². The summed E-state index contributed by atoms with van der Waals surface area (Å²) >= 11 is 4.96. The number of sulfonamides is 1. The highest BCUT2D eigenvalue weighted by atomic mass is 79.9. The summed E-state index contributed by atoms with van der Waals surface area (Å²) in [7, 11) is -3.48. The molecular formula is C13H16BrN3O2S2. The molecule has 114 valence electrons. The molecule has 0 atom stereocenters. The average Bonchev–Trinajstić information content (AvgIpc) is 2.85. The Bertz CT molecular complexity index is 701. The number of aromatic nitrogens is 2. The average molecular weight is 390 g/mol. The molecule has 1 N–H and O–H groups in total. The van der Waals surface area contributed by atoms with Crippen LogP contribution in [0.25, 0.3) is 0 Å². The van der Waals surface area contributed by atoms with E-state index in [1.165, 1.54) is 0 Å². The van der Waals surface area contributed by atoms with E-state index in [2.05, 4.69) is 25.8 Å². The van der Waals surface area contributed by atoms with E-state index < -0.39 is 10.0 Å². The zero-order valence-corrected chi connectivity index (χ0v) is 14.7. The van der Waals surface area contributed by atoms with Crippen molar-refractivity contribution in [1.29, 1.82) is 0 Å². The summed E-state index contributed by atoms with van der Waals surface area (Å²) in [5.74, 6) is 0.796. The molecule has 0 bridgehead atoms. The van der Waals surface area contributed by atoms with Gasteiger partial charge in [0.1, 0.15) is 0 Å². The summed E-state index contributed by atoms with van der Waals surface area (Å²) in [6.07, 6.45) is 5.45. The Morgan fingerprint density at radius 1 is 1.43 bits per heavy atom. The molecule has 0 saturated carbocycles. The Morgan fingerprint density at radius 3 is 2.90 bits per heavy atom. The van der Waals surface area contributed by atoms with Crippen molar-refractivity contribution in [3.63, 3.8) is 0 Å². The third-order valence-electron chi connectivity index (χ3n) is 2.75. The van der Waals surface area contributed by atoms with Crippen molar-refractivity contribution in [3.05, 3.63) is 46.7 Å². The van der Waals surface area contributed by atoms with E-state index in [0.29, 0.717) is 18.0 Å². The van der Waals surface area contributed by atoms with Crippen LogP contribution in [0.1, 0.15) is 5.56 Å². The van der Waals surface area contributed by atoms with Gasteiger partial charge in [-0.2, -0.15) is 16.9 Å². The van der Waals surface area contributed by atoms with Crippen molar-refractivity contribution in [3.8, 4) is 0 Å². The molecule has 21 heavy (non-hydrogen) atoms. The maximum absolute atomic E-state index is 12.2. The highest BCUT2D eigenvalue weighted by Gasteiger charge is 2.13. The van der Waals surface area contributed by atoms with Gasteiger partial charge in [0.2, 0.25) is 10.0 Å². The molecule has 0 saturated heterocycles. The lowest BCUT2D eigenvalue weighted by Crippen LogP contribution is -2.27. The topological polar surface area (TPSA) is 64.0 Å². The predicted octanol–water partition coefficient (Wildman–Crippen LogP) is 2.49. The summed E-state index contributed by atoms with van der Waals surface area (Å²) < 4.78 is 29.6. The number of nitrogens with one attached hydrogen (secondary N) is 1. The quantitative estimate of drug-likeness (QED) is 0.789. The highest BCUT2D eigenvalue weighted by Crippen LogP contribution is 2.15. The first-order valence-corrected chi connectivity index (χ1v) is 9.94. The fourth-order valence-corrected chi connectivity index (χ4v) is 3.74. The van der Waals surface area contributed by atoms with E-state index in [-0.39, 0.29) is 0 Å². The van der Waals surface area contributed by atoms with Gasteiger partial charge in [-0.25, -0.2) is 13.1 Å². The molecule has 1 aromatic carbocycles. The molecule has 8 heteroatoms. The Morgan fingerprint density at radius 2 is 2.24 bits per heavy atom. The molecule has 0 aliphatic rings. The van der Waals surface area contributed by atoms with Gasteiger partial charge >= 0.3 is 0 Å². The molecule has 1 aromatic heterocycles. The van der Waals surface area contributed by atoms with Crippen molar-refractivity contribution in [2.75, 3.05) is 12.8 Å². The van der Waals surface area contributed by atoms with Gasteiger partial charge in [0, 0.05) is 18.5 Å². The first-order chi connectivity index (χ1) is 10.0. The molecule has 1 heterocycles. The molecule has 0 fully saturated rings. The van der Waals surface area contributed by atoms with E-state index in [9.17, 15) is 8.42 Å². The largest absolute Gasteiger partial charge is 0.270 e. The maximum Gasteiger partial charge on any atom is 0.240 e. The molecule has 0 unspecified atom stereocenters. The van der Waals surface area contributed by atoms with E-state index in [4.69, 9.17) is 0 Å². The Kier molecular flexibility index (Phi) is 5.86. The molecule has 0 spiro atoms. The number of thioether (sulfide) groups is 1. The number of halogens is 1. The van der Waals surface area contributed by atoms with Crippen molar-refractivity contribution in [2.45, 2.75) is 17.2 Å². The standard InChI is InChI=1S/C13H16BrN3O2S2/c1-20-10-11-3-2-4-13(7-11)21(18,19)16-5-6-17-9-12(14)8-15-17/h2-4,7-9,16H,5-6,10H2,1H3. The lowest BCUT2D eigenvalue weighted by Gasteiger charge is -2.08. The molecular weight excluding hydrogens is 374 g/mol. The third-order valence-corrected chi connectivity index (χ3v) is 5.24. The normalized spacial score (nSPS) is 11.7. The van der Waals surface area contributed by atoms with Crippen molar-refractivity contribution >= 4 is 37.7 Å². The number of nitrogens with zero attached hydrogens (tertiary/aromatic N) is 2. The summed E-state index contributed by atoms with van der Waals surface area (Å²) in [6, 6.07) is 7.02. The SMILES string of the molecule is CSCc1cccc(S(=O)(=O)NCCn2cc(Br)cn2)c1. The second-order valence-electron chi connectivity index (χ2n) is 4.40. The Hall–Kier alpha value is -0.830. The van der Waals surface area contributed by atoms with Gasteiger partial charge in [-0.3, -0.25) is 4.68 Å². The van der Waals surface area contributed by atoms with Crippen LogP contribution < -0.4 is 4.72 Å². The molecule has 2 rings (SSSR count). The fraction of sp³-hybridized carbons (Fsp3) is 0.308. The monoisotopic (exact) mass is 389 g/mol. The van der Waals surface area contributed by atoms with Crippen LogP contribution in [0, 0.1) is 0 Å². The molecule has 0 radical (unpaired) electrons. The second-order valence-corrected chi connectivity index (χ2v) is 7.95. The van der Waals surface area contributed by atoms with E-state index in [1.807, 2.05) is 12.3 Å². The van der Waals surface area contributed by atoms with Gasteiger partial charge < -0.3 is 0 Å². The van der Waals surface area contributed by atoms with Crippen LogP contribution in [0.15, 0.2) is 46.0 Å². The number of rotatable bonds is 7. The van der Waals surface area contributed by atoms with Crippen LogP contribution in [-0.4, -0.2) is 31.0 Å². The maximum atomic E-state index is 12.2. The van der Waals surface area contributed by atoms with Crippen molar-refractivity contribution in [1.82, 2.24) is 14.5 Å².